The summed E-state index contributed by atoms with van der Waals surface area (Å²) in [5, 5.41) is 8.07. The first-order valence-corrected chi connectivity index (χ1v) is 11.7. The van der Waals surface area contributed by atoms with Crippen LogP contribution in [0.1, 0.15) is 56.7 Å². The molecule has 7 heteroatoms. The molecular formula is C24H36N6O. The average molecular weight is 425 g/mol. The predicted molar refractivity (Wildman–Crippen MR) is 123 cm³/mol. The molecule has 1 fully saturated rings. The molecule has 2 atom stereocenters. The van der Waals surface area contributed by atoms with E-state index in [4.69, 9.17) is 0 Å². The van der Waals surface area contributed by atoms with E-state index in [0.717, 1.165) is 43.3 Å². The molecule has 3 heterocycles. The van der Waals surface area contributed by atoms with Crippen LogP contribution in [0.3, 0.4) is 0 Å². The topological polar surface area (TPSA) is 66.3 Å². The van der Waals surface area contributed by atoms with E-state index in [1.165, 1.54) is 12.0 Å². The highest BCUT2D eigenvalue weighted by Gasteiger charge is 2.36. The Hall–Kier alpha value is -2.41. The third-order valence-corrected chi connectivity index (χ3v) is 6.73. The summed E-state index contributed by atoms with van der Waals surface area (Å²) in [4.78, 5) is 22.5. The molecule has 1 N–H and O–H groups in total. The zero-order chi connectivity index (χ0) is 22.0. The number of anilines is 1. The highest BCUT2D eigenvalue weighted by atomic mass is 16.2. The van der Waals surface area contributed by atoms with Gasteiger partial charge in [0.1, 0.15) is 11.6 Å². The van der Waals surface area contributed by atoms with Crippen LogP contribution in [-0.4, -0.2) is 61.7 Å². The van der Waals surface area contributed by atoms with Crippen molar-refractivity contribution in [2.24, 2.45) is 0 Å². The average Bonchev–Trinajstić information content (AvgIpc) is 3.27. The van der Waals surface area contributed by atoms with Gasteiger partial charge in [0.15, 0.2) is 0 Å². The second-order valence-electron chi connectivity index (χ2n) is 9.25. The number of amides is 1. The second kappa shape index (κ2) is 9.39. The Morgan fingerprint density at radius 3 is 2.68 bits per heavy atom. The van der Waals surface area contributed by atoms with Gasteiger partial charge in [-0.3, -0.25) is 9.69 Å². The van der Waals surface area contributed by atoms with Gasteiger partial charge in [-0.1, -0.05) is 18.2 Å². The number of aromatic nitrogens is 3. The summed E-state index contributed by atoms with van der Waals surface area (Å²) in [5.41, 5.74) is 2.34. The number of nitrogens with zero attached hydrogens (tertiary/aromatic N) is 5. The number of fused-ring (bicyclic) bond motifs is 3. The van der Waals surface area contributed by atoms with Gasteiger partial charge in [-0.25, -0.2) is 9.67 Å². The predicted octanol–water partition coefficient (Wildman–Crippen LogP) is 3.37. The highest BCUT2D eigenvalue weighted by molar-refractivity contribution is 5.76. The molecule has 1 aromatic carbocycles. The van der Waals surface area contributed by atoms with Crippen LogP contribution < -0.4 is 5.32 Å². The van der Waals surface area contributed by atoms with Gasteiger partial charge in [-0.2, -0.15) is 5.10 Å². The number of carbonyl (C=O) groups excluding carboxylic acids is 1. The minimum Gasteiger partial charge on any atom is -0.385 e. The van der Waals surface area contributed by atoms with Gasteiger partial charge >= 0.3 is 0 Å². The lowest BCUT2D eigenvalue weighted by Gasteiger charge is -2.36. The van der Waals surface area contributed by atoms with Gasteiger partial charge in [0.25, 0.3) is 0 Å². The van der Waals surface area contributed by atoms with Crippen LogP contribution in [0.15, 0.2) is 24.3 Å². The van der Waals surface area contributed by atoms with Crippen LogP contribution in [0.5, 0.6) is 0 Å². The van der Waals surface area contributed by atoms with Crippen LogP contribution in [0.25, 0.3) is 0 Å². The molecular weight excluding hydrogens is 388 g/mol. The minimum atomic E-state index is 0.189. The van der Waals surface area contributed by atoms with Crippen LogP contribution >= 0.6 is 0 Å². The first-order valence-electron chi connectivity index (χ1n) is 11.7. The Morgan fingerprint density at radius 1 is 1.16 bits per heavy atom. The SMILES string of the molecule is Cc1nc(C)n(CCC(=O)N2Cc3ccccc3NCC[C@H]3CC[C@@H](C2)N3C(C)C)n1. The molecule has 0 unspecified atom stereocenters. The summed E-state index contributed by atoms with van der Waals surface area (Å²) in [6.07, 6.45) is 3.96. The summed E-state index contributed by atoms with van der Waals surface area (Å²) < 4.78 is 1.85. The molecule has 2 bridgehead atoms. The number of hydrogen-bond acceptors (Lipinski definition) is 5. The smallest absolute Gasteiger partial charge is 0.224 e. The molecule has 4 rings (SSSR count). The molecule has 168 valence electrons. The first kappa shape index (κ1) is 21.8. The molecule has 2 aromatic rings. The van der Waals surface area contributed by atoms with Gasteiger partial charge in [0.05, 0.1) is 6.54 Å². The fourth-order valence-electron chi connectivity index (χ4n) is 5.35. The van der Waals surface area contributed by atoms with Gasteiger partial charge in [-0.15, -0.1) is 0 Å². The lowest BCUT2D eigenvalue weighted by Crippen LogP contribution is -2.48. The molecule has 2 aliphatic rings. The van der Waals surface area contributed by atoms with Crippen molar-refractivity contribution in [3.63, 3.8) is 0 Å². The summed E-state index contributed by atoms with van der Waals surface area (Å²) in [6, 6.07) is 9.91. The van der Waals surface area contributed by atoms with E-state index in [0.29, 0.717) is 37.6 Å². The number of hydrogen-bond donors (Lipinski definition) is 1. The van der Waals surface area contributed by atoms with Gasteiger partial charge in [-0.05, 0) is 58.6 Å². The third kappa shape index (κ3) is 4.92. The zero-order valence-electron chi connectivity index (χ0n) is 19.3. The lowest BCUT2D eigenvalue weighted by atomic mass is 10.1. The number of para-hydroxylation sites is 1. The van der Waals surface area contributed by atoms with E-state index in [9.17, 15) is 4.79 Å². The fourth-order valence-corrected chi connectivity index (χ4v) is 5.35. The molecule has 0 radical (unpaired) electrons. The van der Waals surface area contributed by atoms with Gasteiger partial charge < -0.3 is 10.2 Å². The number of rotatable bonds is 4. The Kier molecular flexibility index (Phi) is 6.60. The second-order valence-corrected chi connectivity index (χ2v) is 9.25. The van der Waals surface area contributed by atoms with E-state index >= 15 is 0 Å². The molecule has 0 saturated carbocycles. The van der Waals surface area contributed by atoms with Crippen LogP contribution in [0, 0.1) is 13.8 Å². The van der Waals surface area contributed by atoms with E-state index in [1.807, 2.05) is 18.5 Å². The van der Waals surface area contributed by atoms with Crippen molar-refractivity contribution in [1.29, 1.82) is 0 Å². The molecule has 0 spiro atoms. The summed E-state index contributed by atoms with van der Waals surface area (Å²) in [6.45, 7) is 11.4. The molecule has 1 saturated heterocycles. The maximum Gasteiger partial charge on any atom is 0.224 e. The van der Waals surface area contributed by atoms with E-state index in [-0.39, 0.29) is 5.91 Å². The summed E-state index contributed by atoms with van der Waals surface area (Å²) in [7, 11) is 0. The van der Waals surface area contributed by atoms with Crippen LogP contribution in [0.4, 0.5) is 5.69 Å². The number of aryl methyl sites for hydroxylation is 3. The Bertz CT molecular complexity index is 907. The Morgan fingerprint density at radius 2 is 1.94 bits per heavy atom. The normalized spacial score (nSPS) is 22.2. The molecule has 7 nitrogen and oxygen atoms in total. The molecule has 2 aliphatic heterocycles. The van der Waals surface area contributed by atoms with Crippen molar-refractivity contribution in [3.05, 3.63) is 41.5 Å². The monoisotopic (exact) mass is 424 g/mol. The summed E-state index contributed by atoms with van der Waals surface area (Å²) in [5.74, 6) is 1.81. The maximum atomic E-state index is 13.4. The van der Waals surface area contributed by atoms with Crippen molar-refractivity contribution in [2.45, 2.75) is 84.6 Å². The molecule has 1 aromatic heterocycles. The van der Waals surface area contributed by atoms with Crippen molar-refractivity contribution < 1.29 is 4.79 Å². The van der Waals surface area contributed by atoms with Crippen molar-refractivity contribution in [1.82, 2.24) is 24.6 Å². The Labute approximate surface area is 185 Å². The first-order chi connectivity index (χ1) is 14.9. The van der Waals surface area contributed by atoms with E-state index in [1.54, 1.807) is 0 Å². The largest absolute Gasteiger partial charge is 0.385 e. The van der Waals surface area contributed by atoms with Crippen molar-refractivity contribution in [3.8, 4) is 0 Å². The van der Waals surface area contributed by atoms with Gasteiger partial charge in [0.2, 0.25) is 5.91 Å². The molecule has 1 amide bonds. The molecule has 31 heavy (non-hydrogen) atoms. The molecule has 0 aliphatic carbocycles. The van der Waals surface area contributed by atoms with Crippen molar-refractivity contribution in [2.75, 3.05) is 18.4 Å². The lowest BCUT2D eigenvalue weighted by molar-refractivity contribution is -0.133. The zero-order valence-corrected chi connectivity index (χ0v) is 19.3. The summed E-state index contributed by atoms with van der Waals surface area (Å²) >= 11 is 0. The number of benzene rings is 1. The van der Waals surface area contributed by atoms with E-state index < -0.39 is 0 Å². The van der Waals surface area contributed by atoms with Gasteiger partial charge in [0, 0.05) is 49.9 Å². The number of nitrogens with one attached hydrogen (secondary N) is 1. The fraction of sp³-hybridized carbons (Fsp3) is 0.625. The van der Waals surface area contributed by atoms with Crippen LogP contribution in [0.2, 0.25) is 0 Å². The Balaban J connectivity index is 1.57. The quantitative estimate of drug-likeness (QED) is 0.815. The van der Waals surface area contributed by atoms with Crippen molar-refractivity contribution >= 4 is 11.6 Å². The van der Waals surface area contributed by atoms with E-state index in [2.05, 4.69) is 63.3 Å². The number of carbonyl (C=O) groups is 1. The van der Waals surface area contributed by atoms with Crippen LogP contribution in [-0.2, 0) is 17.9 Å². The highest BCUT2D eigenvalue weighted by Crippen LogP contribution is 2.31. The standard InChI is InChI=1S/C24H36N6O/c1-17(2)30-21-9-10-22(30)16-28(15-20-7-5-6-8-23(20)25-13-11-21)24(31)12-14-29-19(4)26-18(3)27-29/h5-8,17,21-22,25H,9-16H2,1-4H3/t21-,22+/m1/s1. The third-order valence-electron chi connectivity index (χ3n) is 6.73. The maximum absolute atomic E-state index is 13.4. The minimum absolute atomic E-state index is 0.189.